The Kier molecular flexibility index (Phi) is 5.42. The molecule has 1 fully saturated rings. The van der Waals surface area contributed by atoms with Crippen molar-refractivity contribution in [3.05, 3.63) is 5.53 Å². The first-order valence-corrected chi connectivity index (χ1v) is 6.75. The second kappa shape index (κ2) is 6.63. The summed E-state index contributed by atoms with van der Waals surface area (Å²) in [5, 5.41) is 0. The van der Waals surface area contributed by atoms with E-state index in [1.807, 2.05) is 6.92 Å². The molecule has 0 unspecified atom stereocenters. The summed E-state index contributed by atoms with van der Waals surface area (Å²) in [5.74, 6) is -1.61. The molecular formula is C13H21N3O4. The zero-order valence-electron chi connectivity index (χ0n) is 12.4. The van der Waals surface area contributed by atoms with Gasteiger partial charge in [0.2, 0.25) is 0 Å². The molecule has 0 aromatic heterocycles. The normalized spacial score (nSPS) is 20.4. The SMILES string of the molecule is CCC[C@H]1COC(C)(C)N1C(=O)C(=[N+]=[N-])C(=O)OCC. The summed E-state index contributed by atoms with van der Waals surface area (Å²) in [5.41, 5.74) is 7.47. The van der Waals surface area contributed by atoms with E-state index in [-0.39, 0.29) is 12.6 Å². The van der Waals surface area contributed by atoms with Gasteiger partial charge in [0.05, 0.1) is 19.3 Å². The van der Waals surface area contributed by atoms with Gasteiger partial charge in [-0.2, -0.15) is 4.79 Å². The molecule has 0 saturated carbocycles. The van der Waals surface area contributed by atoms with E-state index in [1.165, 1.54) is 4.90 Å². The van der Waals surface area contributed by atoms with Crippen molar-refractivity contribution in [1.82, 2.24) is 4.90 Å². The molecule has 1 aliphatic heterocycles. The van der Waals surface area contributed by atoms with Crippen molar-refractivity contribution in [2.24, 2.45) is 0 Å². The number of hydrogen-bond acceptors (Lipinski definition) is 4. The Morgan fingerprint density at radius 1 is 1.45 bits per heavy atom. The summed E-state index contributed by atoms with van der Waals surface area (Å²) in [6.07, 6.45) is 1.62. The Bertz CT molecular complexity index is 441. The highest BCUT2D eigenvalue weighted by atomic mass is 16.5. The monoisotopic (exact) mass is 283 g/mol. The van der Waals surface area contributed by atoms with Crippen molar-refractivity contribution in [3.63, 3.8) is 0 Å². The van der Waals surface area contributed by atoms with Gasteiger partial charge < -0.3 is 15.0 Å². The van der Waals surface area contributed by atoms with E-state index < -0.39 is 23.3 Å². The quantitative estimate of drug-likeness (QED) is 0.247. The fourth-order valence-electron chi connectivity index (χ4n) is 2.32. The Morgan fingerprint density at radius 2 is 2.10 bits per heavy atom. The molecule has 20 heavy (non-hydrogen) atoms. The number of amides is 1. The van der Waals surface area contributed by atoms with Crippen LogP contribution in [0.4, 0.5) is 0 Å². The summed E-state index contributed by atoms with van der Waals surface area (Å²) in [7, 11) is 0. The van der Waals surface area contributed by atoms with Crippen LogP contribution < -0.4 is 0 Å². The van der Waals surface area contributed by atoms with Gasteiger partial charge in [0.1, 0.15) is 5.72 Å². The highest BCUT2D eigenvalue weighted by Crippen LogP contribution is 2.29. The number of rotatable bonds is 5. The zero-order chi connectivity index (χ0) is 15.3. The van der Waals surface area contributed by atoms with Crippen LogP contribution in [0.5, 0.6) is 0 Å². The van der Waals surface area contributed by atoms with Crippen LogP contribution in [0.15, 0.2) is 0 Å². The minimum Gasteiger partial charge on any atom is -0.457 e. The van der Waals surface area contributed by atoms with Crippen molar-refractivity contribution in [1.29, 1.82) is 0 Å². The molecule has 1 saturated heterocycles. The molecule has 0 radical (unpaired) electrons. The van der Waals surface area contributed by atoms with Crippen LogP contribution in [-0.4, -0.2) is 52.3 Å². The summed E-state index contributed by atoms with van der Waals surface area (Å²) < 4.78 is 10.3. The Labute approximate surface area is 118 Å². The third-order valence-electron chi connectivity index (χ3n) is 3.19. The van der Waals surface area contributed by atoms with Crippen LogP contribution in [0.1, 0.15) is 40.5 Å². The van der Waals surface area contributed by atoms with Gasteiger partial charge in [-0.05, 0) is 27.2 Å². The molecule has 1 atom stereocenters. The van der Waals surface area contributed by atoms with E-state index in [0.29, 0.717) is 6.61 Å². The Balaban J connectivity index is 3.02. The smallest absolute Gasteiger partial charge is 0.457 e. The molecule has 0 spiro atoms. The maximum Gasteiger partial charge on any atom is 0.463 e. The van der Waals surface area contributed by atoms with Gasteiger partial charge in [-0.1, -0.05) is 13.3 Å². The molecule has 1 aliphatic rings. The van der Waals surface area contributed by atoms with Crippen LogP contribution >= 0.6 is 0 Å². The number of ether oxygens (including phenoxy) is 2. The molecule has 1 rings (SSSR count). The van der Waals surface area contributed by atoms with E-state index in [2.05, 4.69) is 4.79 Å². The average molecular weight is 283 g/mol. The molecule has 1 amide bonds. The lowest BCUT2D eigenvalue weighted by Crippen LogP contribution is -2.52. The lowest BCUT2D eigenvalue weighted by molar-refractivity contribution is -0.150. The van der Waals surface area contributed by atoms with Gasteiger partial charge >= 0.3 is 17.6 Å². The van der Waals surface area contributed by atoms with Crippen molar-refractivity contribution in [2.75, 3.05) is 13.2 Å². The fraction of sp³-hybridized carbons (Fsp3) is 0.769. The molecule has 0 aromatic rings. The van der Waals surface area contributed by atoms with Crippen molar-refractivity contribution in [2.45, 2.75) is 52.3 Å². The van der Waals surface area contributed by atoms with E-state index in [4.69, 9.17) is 15.0 Å². The molecule has 0 bridgehead atoms. The highest BCUT2D eigenvalue weighted by molar-refractivity contribution is 6.61. The summed E-state index contributed by atoms with van der Waals surface area (Å²) in [6.45, 7) is 7.58. The summed E-state index contributed by atoms with van der Waals surface area (Å²) in [6, 6.07) is -0.145. The van der Waals surface area contributed by atoms with E-state index in [0.717, 1.165) is 12.8 Å². The maximum atomic E-state index is 12.4. The standard InChI is InChI=1S/C13H21N3O4/c1-5-7-9-8-20-13(3,4)16(9)11(17)10(15-14)12(18)19-6-2/h9H,5-8H2,1-4H3/t9-/m0/s1. The van der Waals surface area contributed by atoms with E-state index >= 15 is 0 Å². The predicted molar refractivity (Wildman–Crippen MR) is 70.8 cm³/mol. The maximum absolute atomic E-state index is 12.4. The van der Waals surface area contributed by atoms with Crippen molar-refractivity contribution >= 4 is 17.6 Å². The number of nitrogens with zero attached hydrogens (tertiary/aromatic N) is 3. The fourth-order valence-corrected chi connectivity index (χ4v) is 2.32. The van der Waals surface area contributed by atoms with Crippen LogP contribution in [-0.2, 0) is 19.1 Å². The molecular weight excluding hydrogens is 262 g/mol. The first-order chi connectivity index (χ1) is 9.38. The number of esters is 1. The molecule has 7 nitrogen and oxygen atoms in total. The second-order valence-corrected chi connectivity index (χ2v) is 5.04. The molecule has 112 valence electrons. The predicted octanol–water partition coefficient (Wildman–Crippen LogP) is 0.984. The van der Waals surface area contributed by atoms with Gasteiger partial charge in [-0.3, -0.25) is 9.69 Å². The summed E-state index contributed by atoms with van der Waals surface area (Å²) in [4.78, 5) is 28.3. The third-order valence-corrected chi connectivity index (χ3v) is 3.19. The van der Waals surface area contributed by atoms with Crippen LogP contribution in [0.25, 0.3) is 5.53 Å². The van der Waals surface area contributed by atoms with Crippen LogP contribution in [0.3, 0.4) is 0 Å². The van der Waals surface area contributed by atoms with Gasteiger partial charge in [-0.25, -0.2) is 4.79 Å². The first-order valence-electron chi connectivity index (χ1n) is 6.75. The lowest BCUT2D eigenvalue weighted by atomic mass is 10.1. The number of carbonyl (C=O) groups is 2. The molecule has 1 heterocycles. The Hall–Kier alpha value is -1.72. The average Bonchev–Trinajstić information content (AvgIpc) is 2.66. The first kappa shape index (κ1) is 16.3. The number of hydrogen-bond donors (Lipinski definition) is 0. The molecule has 7 heteroatoms. The third kappa shape index (κ3) is 3.23. The van der Waals surface area contributed by atoms with Gasteiger partial charge in [0.25, 0.3) is 0 Å². The van der Waals surface area contributed by atoms with Crippen molar-refractivity contribution in [3.8, 4) is 0 Å². The lowest BCUT2D eigenvalue weighted by Gasteiger charge is -2.31. The minimum absolute atomic E-state index is 0.101. The topological polar surface area (TPSA) is 92.2 Å². The molecule has 0 N–H and O–H groups in total. The van der Waals surface area contributed by atoms with Gasteiger partial charge in [0.15, 0.2) is 0 Å². The number of carbonyl (C=O) groups excluding carboxylic acids is 2. The highest BCUT2D eigenvalue weighted by Gasteiger charge is 2.49. The van der Waals surface area contributed by atoms with E-state index in [1.54, 1.807) is 20.8 Å². The van der Waals surface area contributed by atoms with Crippen LogP contribution in [0, 0.1) is 0 Å². The second-order valence-electron chi connectivity index (χ2n) is 5.04. The Morgan fingerprint density at radius 3 is 2.60 bits per heavy atom. The molecule has 0 aliphatic carbocycles. The van der Waals surface area contributed by atoms with Crippen LogP contribution in [0.2, 0.25) is 0 Å². The van der Waals surface area contributed by atoms with Crippen molar-refractivity contribution < 1.29 is 23.9 Å². The van der Waals surface area contributed by atoms with Gasteiger partial charge in [0, 0.05) is 0 Å². The minimum atomic E-state index is -0.932. The summed E-state index contributed by atoms with van der Waals surface area (Å²) >= 11 is 0. The van der Waals surface area contributed by atoms with E-state index in [9.17, 15) is 9.59 Å². The zero-order valence-corrected chi connectivity index (χ0v) is 12.4. The molecule has 0 aromatic carbocycles. The largest absolute Gasteiger partial charge is 0.463 e. The van der Waals surface area contributed by atoms with Gasteiger partial charge in [-0.15, -0.1) is 0 Å².